The maximum atomic E-state index is 12.7. The number of ether oxygens (including phenoxy) is 2. The monoisotopic (exact) mass is 345 g/mol. The number of aromatic carboxylic acids is 1. The van der Waals surface area contributed by atoms with Crippen molar-refractivity contribution < 1.29 is 24.2 Å². The minimum absolute atomic E-state index is 0.145. The molecule has 6 heteroatoms. The van der Waals surface area contributed by atoms with E-state index in [1.807, 2.05) is 32.3 Å². The third-order valence-corrected chi connectivity index (χ3v) is 4.00. The highest BCUT2D eigenvalue weighted by Crippen LogP contribution is 2.42. The molecule has 1 aromatic carbocycles. The van der Waals surface area contributed by atoms with E-state index in [0.29, 0.717) is 28.8 Å². The number of carboxylic acids is 1. The van der Waals surface area contributed by atoms with E-state index in [9.17, 15) is 14.7 Å². The van der Waals surface area contributed by atoms with Gasteiger partial charge in [-0.25, -0.2) is 9.59 Å². The van der Waals surface area contributed by atoms with E-state index in [0.717, 1.165) is 12.8 Å². The lowest BCUT2D eigenvalue weighted by Gasteiger charge is -2.19. The molecule has 1 fully saturated rings. The molecule has 0 bridgehead atoms. The van der Waals surface area contributed by atoms with Gasteiger partial charge in [0, 0.05) is 12.2 Å². The summed E-state index contributed by atoms with van der Waals surface area (Å²) in [6.07, 6.45) is 3.79. The summed E-state index contributed by atoms with van der Waals surface area (Å²) in [4.78, 5) is 24.2. The molecule has 0 amide bonds. The number of aromatic nitrogens is 1. The maximum absolute atomic E-state index is 12.7. The fourth-order valence-electron chi connectivity index (χ4n) is 2.88. The lowest BCUT2D eigenvalue weighted by Crippen LogP contribution is -2.23. The van der Waals surface area contributed by atoms with E-state index < -0.39 is 17.5 Å². The van der Waals surface area contributed by atoms with Crippen LogP contribution < -0.4 is 4.74 Å². The number of rotatable bonds is 5. The number of nitrogens with zero attached hydrogens (tertiary/aromatic N) is 1. The largest absolute Gasteiger partial charge is 0.493 e. The van der Waals surface area contributed by atoms with Gasteiger partial charge in [0.2, 0.25) is 0 Å². The molecule has 134 valence electrons. The zero-order valence-corrected chi connectivity index (χ0v) is 15.0. The Labute approximate surface area is 146 Å². The van der Waals surface area contributed by atoms with Crippen molar-refractivity contribution in [1.82, 2.24) is 4.57 Å². The first kappa shape index (κ1) is 17.3. The Morgan fingerprint density at radius 3 is 2.48 bits per heavy atom. The zero-order valence-electron chi connectivity index (χ0n) is 15.0. The second-order valence-corrected chi connectivity index (χ2v) is 7.29. The number of benzene rings is 1. The molecule has 0 radical (unpaired) electrons. The van der Waals surface area contributed by atoms with Crippen LogP contribution in [-0.2, 0) is 4.74 Å². The van der Waals surface area contributed by atoms with E-state index in [4.69, 9.17) is 9.47 Å². The van der Waals surface area contributed by atoms with Crippen molar-refractivity contribution in [2.45, 2.75) is 52.2 Å². The van der Waals surface area contributed by atoms with Crippen molar-refractivity contribution in [2.75, 3.05) is 6.61 Å². The summed E-state index contributed by atoms with van der Waals surface area (Å²) in [7, 11) is 0. The number of carbonyl (C=O) groups is 2. The zero-order chi connectivity index (χ0) is 18.4. The molecule has 0 unspecified atom stereocenters. The van der Waals surface area contributed by atoms with Crippen LogP contribution in [0, 0.1) is 0 Å². The number of hydrogen-bond donors (Lipinski definition) is 1. The van der Waals surface area contributed by atoms with Crippen molar-refractivity contribution in [1.29, 1.82) is 0 Å². The van der Waals surface area contributed by atoms with Crippen LogP contribution in [0.2, 0.25) is 0 Å². The average molecular weight is 345 g/mol. The Morgan fingerprint density at radius 1 is 1.28 bits per heavy atom. The number of fused-ring (bicyclic) bond motifs is 1. The molecule has 2 aromatic rings. The normalized spacial score (nSPS) is 14.6. The molecule has 25 heavy (non-hydrogen) atoms. The molecule has 1 saturated carbocycles. The minimum atomic E-state index is -1.02. The molecule has 0 atom stereocenters. The van der Waals surface area contributed by atoms with Gasteiger partial charge >= 0.3 is 11.9 Å². The smallest absolute Gasteiger partial charge is 0.340 e. The summed E-state index contributed by atoms with van der Waals surface area (Å²) in [5, 5.41) is 10.0. The van der Waals surface area contributed by atoms with E-state index in [1.165, 1.54) is 6.07 Å². The van der Waals surface area contributed by atoms with Crippen LogP contribution in [0.3, 0.4) is 0 Å². The van der Waals surface area contributed by atoms with Gasteiger partial charge in [-0.15, -0.1) is 0 Å². The highest BCUT2D eigenvalue weighted by molar-refractivity contribution is 6.09. The van der Waals surface area contributed by atoms with E-state index in [1.54, 1.807) is 12.3 Å². The van der Waals surface area contributed by atoms with Crippen LogP contribution >= 0.6 is 0 Å². The van der Waals surface area contributed by atoms with Crippen molar-refractivity contribution >= 4 is 22.8 Å². The second kappa shape index (κ2) is 6.10. The highest BCUT2D eigenvalue weighted by atomic mass is 16.6. The second-order valence-electron chi connectivity index (χ2n) is 7.29. The standard InChI is InChI=1S/C19H23NO5/c1-5-24-15-9-11(17(21)22)8-14-16(15)13(10-20(14)12-6-7-12)18(23)25-19(2,3)4/h8-10,12H,5-7H2,1-4H3,(H,21,22). The Morgan fingerprint density at radius 2 is 1.96 bits per heavy atom. The number of hydrogen-bond acceptors (Lipinski definition) is 4. The molecule has 6 nitrogen and oxygen atoms in total. The average Bonchev–Trinajstić information content (AvgIpc) is 3.26. The first-order valence-corrected chi connectivity index (χ1v) is 8.49. The third-order valence-electron chi connectivity index (χ3n) is 4.00. The highest BCUT2D eigenvalue weighted by Gasteiger charge is 2.31. The molecule has 1 heterocycles. The van der Waals surface area contributed by atoms with Gasteiger partial charge in [0.15, 0.2) is 0 Å². The van der Waals surface area contributed by atoms with Crippen LogP contribution in [0.25, 0.3) is 10.9 Å². The summed E-state index contributed by atoms with van der Waals surface area (Å²) in [5.41, 5.74) is 0.647. The minimum Gasteiger partial charge on any atom is -0.493 e. The fourth-order valence-corrected chi connectivity index (χ4v) is 2.88. The molecule has 1 aliphatic carbocycles. The molecule has 0 aliphatic heterocycles. The Hall–Kier alpha value is -2.50. The molecule has 0 spiro atoms. The predicted molar refractivity (Wildman–Crippen MR) is 93.5 cm³/mol. The maximum Gasteiger partial charge on any atom is 0.340 e. The number of esters is 1. The predicted octanol–water partition coefficient (Wildman–Crippen LogP) is 4.03. The van der Waals surface area contributed by atoms with Gasteiger partial charge in [0.05, 0.1) is 28.6 Å². The van der Waals surface area contributed by atoms with Gasteiger partial charge in [-0.1, -0.05) is 0 Å². The van der Waals surface area contributed by atoms with Crippen LogP contribution in [-0.4, -0.2) is 33.8 Å². The quantitative estimate of drug-likeness (QED) is 0.828. The molecule has 1 aliphatic rings. The molecular formula is C19H23NO5. The van der Waals surface area contributed by atoms with Gasteiger partial charge in [-0.3, -0.25) is 0 Å². The summed E-state index contributed by atoms with van der Waals surface area (Å²) in [5.74, 6) is -1.05. The summed E-state index contributed by atoms with van der Waals surface area (Å²) in [6.45, 7) is 7.65. The van der Waals surface area contributed by atoms with Crippen LogP contribution in [0.4, 0.5) is 0 Å². The van der Waals surface area contributed by atoms with E-state index in [-0.39, 0.29) is 11.6 Å². The van der Waals surface area contributed by atoms with E-state index in [2.05, 4.69) is 0 Å². The van der Waals surface area contributed by atoms with Crippen molar-refractivity contribution in [3.05, 3.63) is 29.5 Å². The summed E-state index contributed by atoms with van der Waals surface area (Å²) >= 11 is 0. The molecule has 0 saturated heterocycles. The summed E-state index contributed by atoms with van der Waals surface area (Å²) in [6, 6.07) is 3.36. The molecular weight excluding hydrogens is 322 g/mol. The first-order valence-electron chi connectivity index (χ1n) is 8.49. The van der Waals surface area contributed by atoms with E-state index >= 15 is 0 Å². The SMILES string of the molecule is CCOc1cc(C(=O)O)cc2c1c(C(=O)OC(C)(C)C)cn2C1CC1. The lowest BCUT2D eigenvalue weighted by atomic mass is 10.1. The molecule has 3 rings (SSSR count). The van der Waals surface area contributed by atoms with Crippen LogP contribution in [0.1, 0.15) is 67.3 Å². The summed E-state index contributed by atoms with van der Waals surface area (Å²) < 4.78 is 13.2. The Balaban J connectivity index is 2.23. The van der Waals surface area contributed by atoms with Gasteiger partial charge in [-0.2, -0.15) is 0 Å². The Kier molecular flexibility index (Phi) is 4.22. The van der Waals surface area contributed by atoms with Gasteiger partial charge in [0.1, 0.15) is 11.4 Å². The van der Waals surface area contributed by atoms with Gasteiger partial charge < -0.3 is 19.1 Å². The lowest BCUT2D eigenvalue weighted by molar-refractivity contribution is 0.00712. The first-order chi connectivity index (χ1) is 11.7. The van der Waals surface area contributed by atoms with Crippen molar-refractivity contribution in [3.63, 3.8) is 0 Å². The van der Waals surface area contributed by atoms with Crippen molar-refractivity contribution in [3.8, 4) is 5.75 Å². The third kappa shape index (κ3) is 3.48. The Bertz CT molecular complexity index is 840. The van der Waals surface area contributed by atoms with Crippen LogP contribution in [0.5, 0.6) is 5.75 Å². The fraction of sp³-hybridized carbons (Fsp3) is 0.474. The number of carbonyl (C=O) groups excluding carboxylic acids is 1. The van der Waals surface area contributed by atoms with Crippen molar-refractivity contribution in [2.24, 2.45) is 0 Å². The topological polar surface area (TPSA) is 77.8 Å². The number of carboxylic acid groups (broad SMARTS) is 1. The van der Waals surface area contributed by atoms with Gasteiger partial charge in [-0.05, 0) is 52.7 Å². The van der Waals surface area contributed by atoms with Gasteiger partial charge in [0.25, 0.3) is 0 Å². The molecule has 1 N–H and O–H groups in total. The molecule has 1 aromatic heterocycles. The van der Waals surface area contributed by atoms with Crippen LogP contribution in [0.15, 0.2) is 18.3 Å².